The summed E-state index contributed by atoms with van der Waals surface area (Å²) in [6, 6.07) is 8.78. The van der Waals surface area contributed by atoms with Crippen molar-refractivity contribution < 1.29 is 14.4 Å². The van der Waals surface area contributed by atoms with Gasteiger partial charge in [-0.15, -0.1) is 16.4 Å². The van der Waals surface area contributed by atoms with Gasteiger partial charge in [0.05, 0.1) is 12.2 Å². The van der Waals surface area contributed by atoms with Crippen molar-refractivity contribution >= 4 is 39.3 Å². The maximum absolute atomic E-state index is 12.6. The number of primary amides is 1. The molecule has 4 rings (SSSR count). The van der Waals surface area contributed by atoms with Crippen molar-refractivity contribution in [3.63, 3.8) is 0 Å². The number of imide groups is 1. The van der Waals surface area contributed by atoms with Gasteiger partial charge in [-0.2, -0.15) is 0 Å². The van der Waals surface area contributed by atoms with Crippen molar-refractivity contribution in [1.29, 1.82) is 0 Å². The molecule has 1 atom stereocenters. The van der Waals surface area contributed by atoms with Gasteiger partial charge in [-0.3, -0.25) is 14.5 Å². The quantitative estimate of drug-likeness (QED) is 0.604. The van der Waals surface area contributed by atoms with Crippen LogP contribution in [0.25, 0.3) is 10.1 Å². The number of urea groups is 1. The predicted molar refractivity (Wildman–Crippen MR) is 97.6 cm³/mol. The van der Waals surface area contributed by atoms with Crippen molar-refractivity contribution in [3.8, 4) is 0 Å². The average molecular weight is 384 g/mol. The van der Waals surface area contributed by atoms with Crippen molar-refractivity contribution in [2.45, 2.75) is 25.6 Å². The molecule has 1 aliphatic rings. The highest BCUT2D eigenvalue weighted by molar-refractivity contribution is 7.19. The first-order valence-electron chi connectivity index (χ1n) is 8.26. The Kier molecular flexibility index (Phi) is 4.32. The maximum Gasteiger partial charge on any atom is 0.325 e. The Labute approximate surface area is 157 Å². The van der Waals surface area contributed by atoms with E-state index in [1.807, 2.05) is 30.3 Å². The van der Waals surface area contributed by atoms with Crippen LogP contribution in [0.4, 0.5) is 4.79 Å². The van der Waals surface area contributed by atoms with Crippen LogP contribution >= 0.6 is 11.3 Å². The van der Waals surface area contributed by atoms with E-state index in [1.165, 1.54) is 9.58 Å². The minimum absolute atomic E-state index is 0.0873. The third-order valence-electron chi connectivity index (χ3n) is 4.21. The molecular formula is C17H16N6O3S. The van der Waals surface area contributed by atoms with E-state index in [-0.39, 0.29) is 25.4 Å². The van der Waals surface area contributed by atoms with E-state index in [2.05, 4.69) is 15.6 Å². The highest BCUT2D eigenvalue weighted by Gasteiger charge is 2.38. The summed E-state index contributed by atoms with van der Waals surface area (Å²) in [5, 5.41) is 11.5. The number of nitrogens with zero attached hydrogens (tertiary/aromatic N) is 4. The van der Waals surface area contributed by atoms with E-state index in [4.69, 9.17) is 5.73 Å². The Morgan fingerprint density at radius 3 is 2.89 bits per heavy atom. The summed E-state index contributed by atoms with van der Waals surface area (Å²) in [6.45, 7) is 0.144. The number of nitrogens with one attached hydrogen (secondary N) is 1. The Bertz CT molecular complexity index is 1010. The van der Waals surface area contributed by atoms with Crippen LogP contribution in [-0.2, 0) is 29.1 Å². The SMILES string of the molecule is NC(=O)Cn1cc(C[C@@H]2NC(=O)N(Cc3cc4ccccc4s3)C2=O)nn1. The van der Waals surface area contributed by atoms with Crippen molar-refractivity contribution in [2.24, 2.45) is 5.73 Å². The van der Waals surface area contributed by atoms with Crippen molar-refractivity contribution in [1.82, 2.24) is 25.2 Å². The van der Waals surface area contributed by atoms with Gasteiger partial charge in [0, 0.05) is 22.2 Å². The van der Waals surface area contributed by atoms with Gasteiger partial charge in [0.15, 0.2) is 0 Å². The first-order chi connectivity index (χ1) is 13.0. The minimum atomic E-state index is -0.703. The molecule has 3 N–H and O–H groups in total. The smallest absolute Gasteiger partial charge is 0.325 e. The number of thiophene rings is 1. The fraction of sp³-hybridized carbons (Fsp3) is 0.235. The van der Waals surface area contributed by atoms with Crippen LogP contribution in [0.15, 0.2) is 36.5 Å². The minimum Gasteiger partial charge on any atom is -0.368 e. The largest absolute Gasteiger partial charge is 0.368 e. The molecule has 0 unspecified atom stereocenters. The van der Waals surface area contributed by atoms with Crippen LogP contribution in [0.5, 0.6) is 0 Å². The summed E-state index contributed by atoms with van der Waals surface area (Å²) < 4.78 is 2.41. The lowest BCUT2D eigenvalue weighted by Gasteiger charge is -2.11. The number of carbonyl (C=O) groups is 3. The van der Waals surface area contributed by atoms with Gasteiger partial charge in [0.1, 0.15) is 12.6 Å². The summed E-state index contributed by atoms with van der Waals surface area (Å²) in [6.07, 6.45) is 1.74. The Morgan fingerprint density at radius 2 is 2.11 bits per heavy atom. The standard InChI is InChI=1S/C17H16N6O3S/c18-15(24)9-22-7-11(20-21-22)6-13-16(25)23(17(26)19-13)8-12-5-10-3-1-2-4-14(10)27-12/h1-5,7,13H,6,8-9H2,(H2,18,24)(H,19,26)/t13-/m0/s1. The highest BCUT2D eigenvalue weighted by atomic mass is 32.1. The van der Waals surface area contributed by atoms with Crippen LogP contribution in [0.2, 0.25) is 0 Å². The number of amides is 4. The van der Waals surface area contributed by atoms with E-state index in [1.54, 1.807) is 17.5 Å². The number of carbonyl (C=O) groups excluding carboxylic acids is 3. The second kappa shape index (κ2) is 6.80. The van der Waals surface area contributed by atoms with E-state index in [9.17, 15) is 14.4 Å². The first kappa shape index (κ1) is 17.2. The number of nitrogens with two attached hydrogens (primary N) is 1. The van der Waals surface area contributed by atoms with Crippen LogP contribution in [0.3, 0.4) is 0 Å². The molecule has 1 fully saturated rings. The van der Waals surface area contributed by atoms with E-state index in [0.29, 0.717) is 5.69 Å². The van der Waals surface area contributed by atoms with Crippen molar-refractivity contribution in [2.75, 3.05) is 0 Å². The van der Waals surface area contributed by atoms with Crippen LogP contribution < -0.4 is 11.1 Å². The first-order valence-corrected chi connectivity index (χ1v) is 9.08. The summed E-state index contributed by atoms with van der Waals surface area (Å²) in [5.41, 5.74) is 5.61. The van der Waals surface area contributed by atoms with Gasteiger partial charge in [-0.05, 0) is 17.5 Å². The highest BCUT2D eigenvalue weighted by Crippen LogP contribution is 2.27. The summed E-state index contributed by atoms with van der Waals surface area (Å²) in [5.74, 6) is -0.840. The van der Waals surface area contributed by atoms with Gasteiger partial charge in [-0.1, -0.05) is 23.4 Å². The molecule has 2 aromatic heterocycles. The molecule has 0 aliphatic carbocycles. The molecule has 1 saturated heterocycles. The van der Waals surface area contributed by atoms with Gasteiger partial charge in [0.2, 0.25) is 5.91 Å². The molecule has 1 aliphatic heterocycles. The third-order valence-corrected chi connectivity index (χ3v) is 5.32. The Hall–Kier alpha value is -3.27. The Morgan fingerprint density at radius 1 is 1.30 bits per heavy atom. The second-order valence-electron chi connectivity index (χ2n) is 6.25. The molecule has 3 heterocycles. The average Bonchev–Trinajstić information content (AvgIpc) is 3.29. The molecular weight excluding hydrogens is 368 g/mol. The van der Waals surface area contributed by atoms with E-state index >= 15 is 0 Å². The lowest BCUT2D eigenvalue weighted by atomic mass is 10.1. The second-order valence-corrected chi connectivity index (χ2v) is 7.42. The molecule has 0 saturated carbocycles. The molecule has 138 valence electrons. The molecule has 0 radical (unpaired) electrons. The van der Waals surface area contributed by atoms with Crippen LogP contribution in [0.1, 0.15) is 10.6 Å². The number of fused-ring (bicyclic) bond motifs is 1. The van der Waals surface area contributed by atoms with Gasteiger partial charge in [0.25, 0.3) is 5.91 Å². The number of aromatic nitrogens is 3. The maximum atomic E-state index is 12.6. The molecule has 0 bridgehead atoms. The van der Waals surface area contributed by atoms with Gasteiger partial charge < -0.3 is 11.1 Å². The fourth-order valence-electron chi connectivity index (χ4n) is 3.01. The zero-order chi connectivity index (χ0) is 19.0. The monoisotopic (exact) mass is 384 g/mol. The topological polar surface area (TPSA) is 123 Å². The van der Waals surface area contributed by atoms with Crippen LogP contribution in [-0.4, -0.2) is 43.8 Å². The number of hydrogen-bond acceptors (Lipinski definition) is 6. The zero-order valence-corrected chi connectivity index (χ0v) is 15.0. The number of hydrogen-bond donors (Lipinski definition) is 2. The molecule has 27 heavy (non-hydrogen) atoms. The van der Waals surface area contributed by atoms with E-state index in [0.717, 1.165) is 15.0 Å². The van der Waals surface area contributed by atoms with Gasteiger partial charge in [-0.25, -0.2) is 9.48 Å². The predicted octanol–water partition coefficient (Wildman–Crippen LogP) is 0.641. The molecule has 4 amide bonds. The number of benzene rings is 1. The molecule has 0 spiro atoms. The lowest BCUT2D eigenvalue weighted by Crippen LogP contribution is -2.32. The van der Waals surface area contributed by atoms with Crippen LogP contribution in [0, 0.1) is 0 Å². The third kappa shape index (κ3) is 3.51. The van der Waals surface area contributed by atoms with E-state index < -0.39 is 18.0 Å². The summed E-state index contributed by atoms with van der Waals surface area (Å²) >= 11 is 1.56. The lowest BCUT2D eigenvalue weighted by molar-refractivity contribution is -0.127. The number of rotatable bonds is 6. The molecule has 10 heteroatoms. The summed E-state index contributed by atoms with van der Waals surface area (Å²) in [4.78, 5) is 38.0. The zero-order valence-electron chi connectivity index (χ0n) is 14.2. The summed E-state index contributed by atoms with van der Waals surface area (Å²) in [7, 11) is 0. The van der Waals surface area contributed by atoms with Gasteiger partial charge >= 0.3 is 6.03 Å². The fourth-order valence-corrected chi connectivity index (χ4v) is 4.07. The normalized spacial score (nSPS) is 16.9. The molecule has 3 aromatic rings. The molecule has 1 aromatic carbocycles. The molecule has 9 nitrogen and oxygen atoms in total. The Balaban J connectivity index is 1.45. The van der Waals surface area contributed by atoms with Crippen molar-refractivity contribution in [3.05, 3.63) is 47.1 Å².